The Bertz CT molecular complexity index is 655. The fourth-order valence-electron chi connectivity index (χ4n) is 3.86. The molecule has 11 heteroatoms. The van der Waals surface area contributed by atoms with Crippen molar-refractivity contribution >= 4 is 23.6 Å². The molecule has 0 saturated carbocycles. The highest BCUT2D eigenvalue weighted by molar-refractivity contribution is 5.95. The summed E-state index contributed by atoms with van der Waals surface area (Å²) in [5.41, 5.74) is 11.0. The Labute approximate surface area is 169 Å². The van der Waals surface area contributed by atoms with Crippen LogP contribution in [0.5, 0.6) is 0 Å². The zero-order chi connectivity index (χ0) is 21.9. The molecule has 2 aliphatic rings. The van der Waals surface area contributed by atoms with Crippen molar-refractivity contribution in [3.63, 3.8) is 0 Å². The summed E-state index contributed by atoms with van der Waals surface area (Å²) in [6.07, 6.45) is -0.170. The lowest BCUT2D eigenvalue weighted by Crippen LogP contribution is -2.58. The third-order valence-corrected chi connectivity index (χ3v) is 5.55. The maximum absolute atomic E-state index is 13.1. The molecule has 164 valence electrons. The first-order valence-electron chi connectivity index (χ1n) is 9.88. The third kappa shape index (κ3) is 5.03. The summed E-state index contributed by atoms with van der Waals surface area (Å²) in [4.78, 5) is 52.5. The maximum Gasteiger partial charge on any atom is 0.246 e. The predicted molar refractivity (Wildman–Crippen MR) is 102 cm³/mol. The second kappa shape index (κ2) is 9.51. The smallest absolute Gasteiger partial charge is 0.246 e. The van der Waals surface area contributed by atoms with Crippen LogP contribution in [0.2, 0.25) is 0 Å². The molecule has 4 amide bonds. The van der Waals surface area contributed by atoms with Crippen LogP contribution in [0.1, 0.15) is 39.5 Å². The van der Waals surface area contributed by atoms with Gasteiger partial charge in [-0.05, 0) is 39.5 Å². The number of hydrogen-bond acceptors (Lipinski definition) is 7. The topological polar surface area (TPSA) is 179 Å². The summed E-state index contributed by atoms with van der Waals surface area (Å²) in [6.45, 7) is 3.44. The molecule has 0 bridgehead atoms. The first kappa shape index (κ1) is 23.0. The molecule has 7 N–H and O–H groups in total. The Balaban J connectivity index is 2.11. The molecule has 29 heavy (non-hydrogen) atoms. The summed E-state index contributed by atoms with van der Waals surface area (Å²) in [5.74, 6) is -2.31. The maximum atomic E-state index is 13.1. The van der Waals surface area contributed by atoms with Crippen LogP contribution in [0.25, 0.3) is 0 Å². The van der Waals surface area contributed by atoms with Crippen LogP contribution in [-0.4, -0.2) is 93.1 Å². The van der Waals surface area contributed by atoms with Gasteiger partial charge >= 0.3 is 0 Å². The Morgan fingerprint density at radius 3 is 2.03 bits per heavy atom. The predicted octanol–water partition coefficient (Wildman–Crippen LogP) is -2.97. The molecule has 2 rings (SSSR count). The van der Waals surface area contributed by atoms with Gasteiger partial charge in [0.2, 0.25) is 23.6 Å². The monoisotopic (exact) mass is 413 g/mol. The van der Waals surface area contributed by atoms with Crippen molar-refractivity contribution in [1.29, 1.82) is 0 Å². The van der Waals surface area contributed by atoms with Gasteiger partial charge in [-0.3, -0.25) is 19.2 Å². The third-order valence-electron chi connectivity index (χ3n) is 5.55. The highest BCUT2D eigenvalue weighted by Crippen LogP contribution is 2.25. The van der Waals surface area contributed by atoms with E-state index in [0.29, 0.717) is 38.8 Å². The molecule has 2 saturated heterocycles. The van der Waals surface area contributed by atoms with Crippen molar-refractivity contribution in [2.45, 2.75) is 75.9 Å². The second-order valence-corrected chi connectivity index (χ2v) is 7.77. The first-order chi connectivity index (χ1) is 13.6. The average molecular weight is 413 g/mol. The van der Waals surface area contributed by atoms with E-state index in [1.807, 2.05) is 0 Å². The molecule has 0 aromatic heterocycles. The van der Waals surface area contributed by atoms with E-state index in [1.165, 1.54) is 23.6 Å². The number of carbonyl (C=O) groups excluding carboxylic acids is 4. The van der Waals surface area contributed by atoms with Gasteiger partial charge in [0.25, 0.3) is 0 Å². The summed E-state index contributed by atoms with van der Waals surface area (Å²) in [7, 11) is 0. The van der Waals surface area contributed by atoms with E-state index in [1.54, 1.807) is 0 Å². The average Bonchev–Trinajstić information content (AvgIpc) is 3.32. The van der Waals surface area contributed by atoms with Gasteiger partial charge in [-0.1, -0.05) is 0 Å². The lowest BCUT2D eigenvalue weighted by molar-refractivity contribution is -0.148. The number of carbonyl (C=O) groups is 4. The molecule has 0 aromatic carbocycles. The summed E-state index contributed by atoms with van der Waals surface area (Å²) in [5, 5.41) is 21.6. The first-order valence-corrected chi connectivity index (χ1v) is 9.88. The van der Waals surface area contributed by atoms with Crippen LogP contribution in [0.4, 0.5) is 0 Å². The van der Waals surface area contributed by atoms with Crippen LogP contribution < -0.4 is 16.8 Å². The number of nitrogens with two attached hydrogens (primary N) is 2. The minimum atomic E-state index is -1.26. The van der Waals surface area contributed by atoms with Gasteiger partial charge in [-0.2, -0.15) is 0 Å². The summed E-state index contributed by atoms with van der Waals surface area (Å²) in [6, 6.07) is -3.94. The van der Waals surface area contributed by atoms with Crippen LogP contribution in [0.3, 0.4) is 0 Å². The molecule has 0 spiro atoms. The molecule has 2 aliphatic heterocycles. The standard InChI is InChI=1S/C18H31N5O6/c1-9(24)13(19)18(29)23-8-4-6-12(23)17(28)22-7-3-5-11(22)16(27)21-14(10(2)25)15(20)26/h9-14,24-25H,3-8,19H2,1-2H3,(H2,20,26)(H,21,27)/t9-,10-,11?,12+,13+,14+/m1/s1. The minimum Gasteiger partial charge on any atom is -0.391 e. The largest absolute Gasteiger partial charge is 0.391 e. The fourth-order valence-corrected chi connectivity index (χ4v) is 3.86. The van der Waals surface area contributed by atoms with Gasteiger partial charge in [0.05, 0.1) is 12.2 Å². The van der Waals surface area contributed by atoms with Crippen molar-refractivity contribution in [2.24, 2.45) is 11.5 Å². The van der Waals surface area contributed by atoms with Gasteiger partial charge in [0.1, 0.15) is 24.2 Å². The van der Waals surface area contributed by atoms with Gasteiger partial charge in [0.15, 0.2) is 0 Å². The van der Waals surface area contributed by atoms with Crippen molar-refractivity contribution in [3.05, 3.63) is 0 Å². The van der Waals surface area contributed by atoms with Crippen LogP contribution in [0.15, 0.2) is 0 Å². The Morgan fingerprint density at radius 2 is 1.52 bits per heavy atom. The molecule has 0 radical (unpaired) electrons. The van der Waals surface area contributed by atoms with E-state index in [0.717, 1.165) is 0 Å². The lowest BCUT2D eigenvalue weighted by Gasteiger charge is -2.33. The Morgan fingerprint density at radius 1 is 0.966 bits per heavy atom. The zero-order valence-corrected chi connectivity index (χ0v) is 16.8. The van der Waals surface area contributed by atoms with Gasteiger partial charge in [-0.25, -0.2) is 0 Å². The molecule has 2 fully saturated rings. The van der Waals surface area contributed by atoms with Gasteiger partial charge in [0, 0.05) is 13.1 Å². The van der Waals surface area contributed by atoms with E-state index < -0.39 is 54.1 Å². The van der Waals surface area contributed by atoms with E-state index in [-0.39, 0.29) is 5.91 Å². The van der Waals surface area contributed by atoms with E-state index >= 15 is 0 Å². The fraction of sp³-hybridized carbons (Fsp3) is 0.778. The molecular weight excluding hydrogens is 382 g/mol. The molecule has 2 heterocycles. The molecule has 0 aliphatic carbocycles. The quantitative estimate of drug-likeness (QED) is 0.295. The van der Waals surface area contributed by atoms with E-state index in [4.69, 9.17) is 11.5 Å². The minimum absolute atomic E-state index is 0.341. The molecule has 0 aromatic rings. The lowest BCUT2D eigenvalue weighted by atomic mass is 10.1. The molecular formula is C18H31N5O6. The number of rotatable bonds is 7. The molecule has 11 nitrogen and oxygen atoms in total. The number of aliphatic hydroxyl groups excluding tert-OH is 2. The Hall–Kier alpha value is -2.24. The van der Waals surface area contributed by atoms with Crippen molar-refractivity contribution < 1.29 is 29.4 Å². The summed E-state index contributed by atoms with van der Waals surface area (Å²) >= 11 is 0. The normalized spacial score (nSPS) is 26.0. The number of primary amides is 1. The molecule has 1 unspecified atom stereocenters. The van der Waals surface area contributed by atoms with Crippen LogP contribution in [-0.2, 0) is 19.2 Å². The van der Waals surface area contributed by atoms with Crippen LogP contribution in [0, 0.1) is 0 Å². The highest BCUT2D eigenvalue weighted by atomic mass is 16.3. The summed E-state index contributed by atoms with van der Waals surface area (Å²) < 4.78 is 0. The number of amides is 4. The Kier molecular flexibility index (Phi) is 7.55. The number of aliphatic hydroxyl groups is 2. The van der Waals surface area contributed by atoms with E-state index in [2.05, 4.69) is 5.32 Å². The van der Waals surface area contributed by atoms with Crippen LogP contribution >= 0.6 is 0 Å². The number of nitrogens with zero attached hydrogens (tertiary/aromatic N) is 2. The van der Waals surface area contributed by atoms with Crippen molar-refractivity contribution in [2.75, 3.05) is 13.1 Å². The van der Waals surface area contributed by atoms with Gasteiger partial charge in [-0.15, -0.1) is 0 Å². The van der Waals surface area contributed by atoms with Crippen molar-refractivity contribution in [3.8, 4) is 0 Å². The number of likely N-dealkylation sites (tertiary alicyclic amines) is 2. The van der Waals surface area contributed by atoms with E-state index in [9.17, 15) is 29.4 Å². The highest BCUT2D eigenvalue weighted by Gasteiger charge is 2.43. The SMILES string of the molecule is C[C@@H](O)[C@H](N)C(=O)N1CCC[C@H]1C(=O)N1CCCC1C(=O)N[C@H](C(N)=O)[C@@H](C)O. The molecule has 6 atom stereocenters. The number of hydrogen-bond donors (Lipinski definition) is 5. The number of nitrogens with one attached hydrogen (secondary N) is 1. The second-order valence-electron chi connectivity index (χ2n) is 7.77. The zero-order valence-electron chi connectivity index (χ0n) is 16.8. The van der Waals surface area contributed by atoms with Gasteiger partial charge < -0.3 is 36.8 Å². The van der Waals surface area contributed by atoms with Crippen molar-refractivity contribution in [1.82, 2.24) is 15.1 Å².